The van der Waals surface area contributed by atoms with E-state index in [0.29, 0.717) is 24.4 Å². The molecule has 2 aromatic heterocycles. The van der Waals surface area contributed by atoms with E-state index in [1.807, 2.05) is 36.6 Å². The number of hydrogen-bond donors (Lipinski definition) is 0. The molecule has 3 heterocycles. The lowest BCUT2D eigenvalue weighted by Crippen LogP contribution is -2.35. The summed E-state index contributed by atoms with van der Waals surface area (Å²) in [7, 11) is 1.95. The minimum Gasteiger partial charge on any atom is -0.424 e. The Morgan fingerprint density at radius 2 is 2.25 bits per heavy atom. The smallest absolute Gasteiger partial charge is 0.230 e. The molecule has 3 rings (SSSR count). The van der Waals surface area contributed by atoms with E-state index in [9.17, 15) is 0 Å². The Morgan fingerprint density at radius 1 is 1.40 bits per heavy atom. The van der Waals surface area contributed by atoms with Gasteiger partial charge in [0, 0.05) is 49.3 Å². The monoisotopic (exact) mass is 293 g/mol. The molecule has 2 aromatic rings. The van der Waals surface area contributed by atoms with Crippen LogP contribution in [0.3, 0.4) is 0 Å². The summed E-state index contributed by atoms with van der Waals surface area (Å²) in [5, 5.41) is 12.4. The van der Waals surface area contributed by atoms with Crippen molar-refractivity contribution in [1.82, 2.24) is 24.9 Å². The highest BCUT2D eigenvalue weighted by Gasteiger charge is 2.26. The van der Waals surface area contributed by atoms with Gasteiger partial charge < -0.3 is 4.42 Å². The van der Waals surface area contributed by atoms with Crippen LogP contribution in [0.25, 0.3) is 0 Å². The number of aryl methyl sites for hydroxylation is 2. The Balaban J connectivity index is 1.75. The van der Waals surface area contributed by atoms with Crippen LogP contribution in [0.15, 0.2) is 16.8 Å². The molecule has 0 unspecified atom stereocenters. The molecule has 1 saturated heterocycles. The molecule has 0 aromatic carbocycles. The Labute approximate surface area is 122 Å². The Kier molecular flexibility index (Phi) is 4.07. The van der Waals surface area contributed by atoms with Gasteiger partial charge in [-0.3, -0.25) is 9.58 Å². The minimum atomic E-state index is 0.374. The molecular weight excluding hydrogens is 274 g/mol. The molecule has 0 radical (unpaired) electrons. The zero-order chi connectivity index (χ0) is 13.9. The highest BCUT2D eigenvalue weighted by atomic mass is 32.2. The molecule has 1 aliphatic rings. The number of rotatable bonds is 4. The van der Waals surface area contributed by atoms with Crippen molar-refractivity contribution in [2.45, 2.75) is 25.9 Å². The lowest BCUT2D eigenvalue weighted by Gasteiger charge is -2.33. The van der Waals surface area contributed by atoms with Gasteiger partial charge in [0.15, 0.2) is 0 Å². The van der Waals surface area contributed by atoms with Gasteiger partial charge in [0.1, 0.15) is 0 Å². The fraction of sp³-hybridized carbons (Fsp3) is 0.615. The van der Waals surface area contributed by atoms with Crippen molar-refractivity contribution in [2.75, 3.05) is 18.1 Å². The lowest BCUT2D eigenvalue weighted by molar-refractivity contribution is 0.190. The predicted octanol–water partition coefficient (Wildman–Crippen LogP) is 1.66. The zero-order valence-corrected chi connectivity index (χ0v) is 12.6. The van der Waals surface area contributed by atoms with E-state index in [2.05, 4.69) is 26.4 Å². The van der Waals surface area contributed by atoms with Crippen molar-refractivity contribution in [1.29, 1.82) is 0 Å². The molecule has 1 fully saturated rings. The van der Waals surface area contributed by atoms with Crippen LogP contribution in [-0.4, -0.2) is 42.9 Å². The summed E-state index contributed by atoms with van der Waals surface area (Å²) in [6.07, 6.45) is 4.83. The number of hydrogen-bond acceptors (Lipinski definition) is 6. The van der Waals surface area contributed by atoms with E-state index in [0.717, 1.165) is 24.5 Å². The predicted molar refractivity (Wildman–Crippen MR) is 77.4 cm³/mol. The van der Waals surface area contributed by atoms with E-state index >= 15 is 0 Å². The molecule has 1 aliphatic heterocycles. The SMILES string of the molecule is CCc1nnc(CN2CCSC[C@@H]2c2cnn(C)c2)o1. The Bertz CT molecular complexity index is 567. The number of thioether (sulfide) groups is 1. The van der Waals surface area contributed by atoms with Crippen LogP contribution in [0.1, 0.15) is 30.3 Å². The van der Waals surface area contributed by atoms with Crippen LogP contribution in [-0.2, 0) is 20.0 Å². The maximum absolute atomic E-state index is 5.63. The summed E-state index contributed by atoms with van der Waals surface area (Å²) in [6, 6.07) is 0.374. The first-order chi connectivity index (χ1) is 9.76. The van der Waals surface area contributed by atoms with Gasteiger partial charge in [-0.05, 0) is 0 Å². The first-order valence-corrected chi connectivity index (χ1v) is 8.03. The molecule has 0 N–H and O–H groups in total. The third-order valence-corrected chi connectivity index (χ3v) is 4.52. The van der Waals surface area contributed by atoms with E-state index in [1.165, 1.54) is 5.56 Å². The summed E-state index contributed by atoms with van der Waals surface area (Å²) in [6.45, 7) is 3.77. The van der Waals surface area contributed by atoms with Crippen LogP contribution in [0.2, 0.25) is 0 Å². The third kappa shape index (κ3) is 2.88. The topological polar surface area (TPSA) is 60.0 Å². The lowest BCUT2D eigenvalue weighted by atomic mass is 10.1. The van der Waals surface area contributed by atoms with Gasteiger partial charge in [-0.2, -0.15) is 16.9 Å². The fourth-order valence-corrected chi connectivity index (χ4v) is 3.57. The molecule has 0 spiro atoms. The van der Waals surface area contributed by atoms with Gasteiger partial charge >= 0.3 is 0 Å². The molecule has 0 bridgehead atoms. The van der Waals surface area contributed by atoms with Gasteiger partial charge in [0.05, 0.1) is 12.7 Å². The first-order valence-electron chi connectivity index (χ1n) is 6.88. The van der Waals surface area contributed by atoms with Crippen LogP contribution >= 0.6 is 11.8 Å². The normalized spacial score (nSPS) is 20.4. The number of aromatic nitrogens is 4. The maximum Gasteiger partial charge on any atom is 0.230 e. The van der Waals surface area contributed by atoms with Crippen molar-refractivity contribution in [3.8, 4) is 0 Å². The molecular formula is C13H19N5OS. The van der Waals surface area contributed by atoms with Gasteiger partial charge in [0.2, 0.25) is 11.8 Å². The average molecular weight is 293 g/mol. The highest BCUT2D eigenvalue weighted by Crippen LogP contribution is 2.30. The van der Waals surface area contributed by atoms with Gasteiger partial charge in [-0.25, -0.2) is 0 Å². The van der Waals surface area contributed by atoms with E-state index in [4.69, 9.17) is 4.42 Å². The number of nitrogens with zero attached hydrogens (tertiary/aromatic N) is 5. The second-order valence-corrected chi connectivity index (χ2v) is 6.10. The Hall–Kier alpha value is -1.34. The van der Waals surface area contributed by atoms with Crippen molar-refractivity contribution in [3.63, 3.8) is 0 Å². The zero-order valence-electron chi connectivity index (χ0n) is 11.8. The van der Waals surface area contributed by atoms with Crippen molar-refractivity contribution >= 4 is 11.8 Å². The first kappa shape index (κ1) is 13.6. The van der Waals surface area contributed by atoms with Crippen molar-refractivity contribution in [2.24, 2.45) is 7.05 Å². The van der Waals surface area contributed by atoms with Gasteiger partial charge in [0.25, 0.3) is 0 Å². The van der Waals surface area contributed by atoms with Gasteiger partial charge in [-0.15, -0.1) is 10.2 Å². The molecule has 1 atom stereocenters. The maximum atomic E-state index is 5.63. The largest absolute Gasteiger partial charge is 0.424 e. The van der Waals surface area contributed by atoms with Gasteiger partial charge in [-0.1, -0.05) is 6.92 Å². The second kappa shape index (κ2) is 5.97. The highest BCUT2D eigenvalue weighted by molar-refractivity contribution is 7.99. The summed E-state index contributed by atoms with van der Waals surface area (Å²) < 4.78 is 7.49. The molecule has 20 heavy (non-hydrogen) atoms. The quantitative estimate of drug-likeness (QED) is 0.854. The van der Waals surface area contributed by atoms with E-state index in [-0.39, 0.29) is 0 Å². The van der Waals surface area contributed by atoms with E-state index in [1.54, 1.807) is 0 Å². The fourth-order valence-electron chi connectivity index (χ4n) is 2.42. The van der Waals surface area contributed by atoms with Crippen LogP contribution in [0.4, 0.5) is 0 Å². The van der Waals surface area contributed by atoms with Crippen molar-refractivity contribution < 1.29 is 4.42 Å². The van der Waals surface area contributed by atoms with E-state index < -0.39 is 0 Å². The Morgan fingerprint density at radius 3 is 2.95 bits per heavy atom. The van der Waals surface area contributed by atoms with Crippen LogP contribution in [0.5, 0.6) is 0 Å². The summed E-state index contributed by atoms with van der Waals surface area (Å²) in [5.41, 5.74) is 1.26. The summed E-state index contributed by atoms with van der Waals surface area (Å²) in [5.74, 6) is 3.65. The molecule has 7 heteroatoms. The van der Waals surface area contributed by atoms with Crippen LogP contribution in [0, 0.1) is 0 Å². The average Bonchev–Trinajstić information content (AvgIpc) is 3.08. The van der Waals surface area contributed by atoms with Crippen LogP contribution < -0.4 is 0 Å². The molecule has 0 amide bonds. The van der Waals surface area contributed by atoms with Crippen molar-refractivity contribution in [3.05, 3.63) is 29.7 Å². The standard InChI is InChI=1S/C13H19N5OS/c1-3-12-15-16-13(19-12)8-18-4-5-20-9-11(18)10-6-14-17(2)7-10/h6-7,11H,3-5,8-9H2,1-2H3/t11-/m1/s1. The molecule has 0 saturated carbocycles. The summed E-state index contributed by atoms with van der Waals surface area (Å²) in [4.78, 5) is 2.40. The third-order valence-electron chi connectivity index (χ3n) is 3.50. The molecule has 108 valence electrons. The molecule has 6 nitrogen and oxygen atoms in total. The second-order valence-electron chi connectivity index (χ2n) is 4.95. The summed E-state index contributed by atoms with van der Waals surface area (Å²) >= 11 is 1.99. The minimum absolute atomic E-state index is 0.374. The molecule has 0 aliphatic carbocycles.